The maximum Gasteiger partial charge on any atom is 0.0986 e. The van der Waals surface area contributed by atoms with Gasteiger partial charge in [-0.2, -0.15) is 0 Å². The number of nitrogens with zero attached hydrogens (tertiary/aromatic N) is 2. The number of aliphatic hydroxyl groups is 1. The monoisotopic (exact) mass is 230 g/mol. The number of rotatable bonds is 6. The molecule has 1 atom stereocenters. The molecule has 0 radical (unpaired) electrons. The summed E-state index contributed by atoms with van der Waals surface area (Å²) >= 11 is 0. The molecule has 1 aromatic heterocycles. The fourth-order valence-electron chi connectivity index (χ4n) is 1.26. The highest BCUT2D eigenvalue weighted by molar-refractivity contribution is 5.85. The van der Waals surface area contributed by atoms with Gasteiger partial charge in [0.15, 0.2) is 0 Å². The lowest BCUT2D eigenvalue weighted by atomic mass is 10.1. The predicted octanol–water partition coefficient (Wildman–Crippen LogP) is 2.72. The molecule has 1 heterocycles. The average Bonchev–Trinajstić information content (AvgIpc) is 2.68. The molecule has 0 spiro atoms. The van der Waals surface area contributed by atoms with E-state index in [1.165, 1.54) is 12.8 Å². The molecule has 0 saturated carbocycles. The van der Waals surface area contributed by atoms with Crippen LogP contribution in [0.1, 0.15) is 32.6 Å². The summed E-state index contributed by atoms with van der Waals surface area (Å²) in [6.07, 6.45) is 12.9. The highest BCUT2D eigenvalue weighted by Crippen LogP contribution is 2.04. The van der Waals surface area contributed by atoms with Gasteiger partial charge in [-0.1, -0.05) is 26.2 Å². The van der Waals surface area contributed by atoms with Crippen LogP contribution >= 0.6 is 12.4 Å². The fraction of sp³-hybridized carbons (Fsp3) is 0.545. The van der Waals surface area contributed by atoms with Gasteiger partial charge in [-0.05, 0) is 12.5 Å². The van der Waals surface area contributed by atoms with Gasteiger partial charge in [-0.3, -0.25) is 0 Å². The summed E-state index contributed by atoms with van der Waals surface area (Å²) in [5, 5.41) is 9.55. The van der Waals surface area contributed by atoms with Crippen LogP contribution in [0.3, 0.4) is 0 Å². The summed E-state index contributed by atoms with van der Waals surface area (Å²) in [5.41, 5.74) is 0. The Hall–Kier alpha value is -0.800. The normalized spacial score (nSPS) is 12.7. The summed E-state index contributed by atoms with van der Waals surface area (Å²) < 4.78 is 1.82. The molecule has 0 aliphatic carbocycles. The smallest absolute Gasteiger partial charge is 0.0986 e. The van der Waals surface area contributed by atoms with Gasteiger partial charge in [0.25, 0.3) is 0 Å². The minimum atomic E-state index is -0.330. The van der Waals surface area contributed by atoms with Crippen LogP contribution in [-0.2, 0) is 0 Å². The van der Waals surface area contributed by atoms with Gasteiger partial charge in [-0.25, -0.2) is 4.98 Å². The van der Waals surface area contributed by atoms with Crippen LogP contribution in [0.15, 0.2) is 24.8 Å². The Morgan fingerprint density at radius 3 is 2.87 bits per heavy atom. The van der Waals surface area contributed by atoms with Gasteiger partial charge in [0.2, 0.25) is 0 Å². The van der Waals surface area contributed by atoms with E-state index < -0.39 is 0 Å². The molecule has 4 heteroatoms. The molecular formula is C11H19ClN2O. The minimum Gasteiger partial charge on any atom is -0.389 e. The van der Waals surface area contributed by atoms with E-state index in [2.05, 4.69) is 11.9 Å². The molecule has 0 amide bonds. The highest BCUT2D eigenvalue weighted by Gasteiger charge is 1.97. The number of imidazole rings is 1. The Kier molecular flexibility index (Phi) is 8.05. The molecule has 86 valence electrons. The number of halogens is 1. The maximum absolute atomic E-state index is 9.55. The van der Waals surface area contributed by atoms with E-state index in [1.54, 1.807) is 18.6 Å². The van der Waals surface area contributed by atoms with Crippen molar-refractivity contribution in [3.8, 4) is 0 Å². The van der Waals surface area contributed by atoms with Crippen LogP contribution in [0.4, 0.5) is 0 Å². The molecule has 1 N–H and O–H groups in total. The highest BCUT2D eigenvalue weighted by atomic mass is 35.5. The van der Waals surface area contributed by atoms with Crippen molar-refractivity contribution in [2.24, 2.45) is 0 Å². The van der Waals surface area contributed by atoms with Crippen molar-refractivity contribution in [1.29, 1.82) is 0 Å². The van der Waals surface area contributed by atoms with Crippen LogP contribution in [0.25, 0.3) is 6.20 Å². The third-order valence-corrected chi connectivity index (χ3v) is 2.11. The molecule has 0 bridgehead atoms. The van der Waals surface area contributed by atoms with Crippen molar-refractivity contribution in [2.45, 2.75) is 38.7 Å². The third-order valence-electron chi connectivity index (χ3n) is 2.11. The molecule has 0 aliphatic rings. The molecule has 3 nitrogen and oxygen atoms in total. The molecule has 1 unspecified atom stereocenters. The van der Waals surface area contributed by atoms with E-state index in [1.807, 2.05) is 17.0 Å². The number of hydrogen-bond donors (Lipinski definition) is 1. The van der Waals surface area contributed by atoms with Crippen molar-refractivity contribution in [1.82, 2.24) is 9.55 Å². The van der Waals surface area contributed by atoms with E-state index in [9.17, 15) is 5.11 Å². The lowest BCUT2D eigenvalue weighted by molar-refractivity contribution is 0.209. The van der Waals surface area contributed by atoms with Crippen molar-refractivity contribution in [3.05, 3.63) is 24.8 Å². The minimum absolute atomic E-state index is 0. The quantitative estimate of drug-likeness (QED) is 0.764. The molecule has 0 saturated heterocycles. The zero-order valence-corrected chi connectivity index (χ0v) is 9.86. The van der Waals surface area contributed by atoms with Crippen molar-refractivity contribution in [2.75, 3.05) is 0 Å². The van der Waals surface area contributed by atoms with Crippen LogP contribution < -0.4 is 0 Å². The molecular weight excluding hydrogens is 212 g/mol. The topological polar surface area (TPSA) is 38.0 Å². The van der Waals surface area contributed by atoms with E-state index in [4.69, 9.17) is 0 Å². The summed E-state index contributed by atoms with van der Waals surface area (Å²) in [5.74, 6) is 0. The van der Waals surface area contributed by atoms with E-state index >= 15 is 0 Å². The van der Waals surface area contributed by atoms with Gasteiger partial charge in [0, 0.05) is 18.6 Å². The Bertz CT molecular complexity index is 260. The Balaban J connectivity index is 0.00000196. The van der Waals surface area contributed by atoms with Gasteiger partial charge >= 0.3 is 0 Å². The van der Waals surface area contributed by atoms with Crippen LogP contribution in [0.2, 0.25) is 0 Å². The summed E-state index contributed by atoms with van der Waals surface area (Å²) in [6.45, 7) is 2.16. The Morgan fingerprint density at radius 1 is 1.47 bits per heavy atom. The van der Waals surface area contributed by atoms with Gasteiger partial charge < -0.3 is 9.67 Å². The molecule has 1 rings (SSSR count). The van der Waals surface area contributed by atoms with Gasteiger partial charge in [0.1, 0.15) is 0 Å². The Morgan fingerprint density at radius 2 is 2.27 bits per heavy atom. The van der Waals surface area contributed by atoms with Gasteiger partial charge in [0.05, 0.1) is 12.4 Å². The first-order valence-corrected chi connectivity index (χ1v) is 5.16. The zero-order chi connectivity index (χ0) is 10.2. The standard InChI is InChI=1S/C11H18N2O.ClH/c1-2-3-4-5-11(14)6-8-13-9-7-12-10-13;/h6-11,14H,2-5H2,1H3;1H/b8-6+;. The van der Waals surface area contributed by atoms with Crippen molar-refractivity contribution in [3.63, 3.8) is 0 Å². The zero-order valence-electron chi connectivity index (χ0n) is 9.04. The number of hydrogen-bond acceptors (Lipinski definition) is 2. The number of aliphatic hydroxyl groups excluding tert-OH is 1. The van der Waals surface area contributed by atoms with E-state index in [0.717, 1.165) is 12.8 Å². The van der Waals surface area contributed by atoms with Crippen LogP contribution in [-0.4, -0.2) is 20.8 Å². The third kappa shape index (κ3) is 6.31. The first-order chi connectivity index (χ1) is 6.83. The number of aromatic nitrogens is 2. The second-order valence-corrected chi connectivity index (χ2v) is 3.41. The molecule has 15 heavy (non-hydrogen) atoms. The van der Waals surface area contributed by atoms with Gasteiger partial charge in [-0.15, -0.1) is 12.4 Å². The van der Waals surface area contributed by atoms with E-state index in [0.29, 0.717) is 0 Å². The molecule has 0 fully saturated rings. The second kappa shape index (κ2) is 8.50. The first kappa shape index (κ1) is 14.2. The SMILES string of the molecule is CCCCCC(O)/C=C/n1ccnc1.Cl. The molecule has 0 aromatic carbocycles. The lowest BCUT2D eigenvalue weighted by Gasteiger charge is -2.03. The van der Waals surface area contributed by atoms with Crippen LogP contribution in [0.5, 0.6) is 0 Å². The molecule has 0 aliphatic heterocycles. The largest absolute Gasteiger partial charge is 0.389 e. The fourth-order valence-corrected chi connectivity index (χ4v) is 1.26. The molecule has 1 aromatic rings. The predicted molar refractivity (Wildman–Crippen MR) is 65.0 cm³/mol. The number of unbranched alkanes of at least 4 members (excludes halogenated alkanes) is 2. The van der Waals surface area contributed by atoms with Crippen molar-refractivity contribution < 1.29 is 5.11 Å². The summed E-state index contributed by atoms with van der Waals surface area (Å²) in [6, 6.07) is 0. The first-order valence-electron chi connectivity index (χ1n) is 5.16. The van der Waals surface area contributed by atoms with E-state index in [-0.39, 0.29) is 18.5 Å². The lowest BCUT2D eigenvalue weighted by Crippen LogP contribution is -2.01. The Labute approximate surface area is 97.2 Å². The van der Waals surface area contributed by atoms with Crippen molar-refractivity contribution >= 4 is 18.6 Å². The summed E-state index contributed by atoms with van der Waals surface area (Å²) in [4.78, 5) is 3.91. The average molecular weight is 231 g/mol. The maximum atomic E-state index is 9.55. The second-order valence-electron chi connectivity index (χ2n) is 3.41. The van der Waals surface area contributed by atoms with Crippen LogP contribution in [0, 0.1) is 0 Å². The summed E-state index contributed by atoms with van der Waals surface area (Å²) in [7, 11) is 0.